The molecule has 0 aliphatic heterocycles. The van der Waals surface area contributed by atoms with Crippen molar-refractivity contribution in [3.8, 4) is 0 Å². The molecule has 2 nitrogen and oxygen atoms in total. The standard InChI is InChI=1S/C12H15BrF3NO/c1-7(17)11(18-8(2)12(14,15)16)9-3-5-10(13)6-4-9/h3-8,11H,17H2,1-2H3. The molecule has 2 N–H and O–H groups in total. The van der Waals surface area contributed by atoms with Crippen molar-refractivity contribution < 1.29 is 17.9 Å². The van der Waals surface area contributed by atoms with Gasteiger partial charge in [0.25, 0.3) is 0 Å². The second-order valence-electron chi connectivity index (χ2n) is 4.15. The molecule has 0 heterocycles. The van der Waals surface area contributed by atoms with E-state index in [2.05, 4.69) is 15.9 Å². The first-order valence-electron chi connectivity index (χ1n) is 5.45. The average molecular weight is 326 g/mol. The second kappa shape index (κ2) is 6.04. The zero-order chi connectivity index (χ0) is 13.9. The van der Waals surface area contributed by atoms with E-state index in [-0.39, 0.29) is 0 Å². The third-order valence-corrected chi connectivity index (χ3v) is 3.02. The van der Waals surface area contributed by atoms with Crippen molar-refractivity contribution in [2.45, 2.75) is 38.3 Å². The van der Waals surface area contributed by atoms with Crippen LogP contribution < -0.4 is 5.73 Å². The number of benzene rings is 1. The van der Waals surface area contributed by atoms with E-state index in [0.717, 1.165) is 11.4 Å². The molecule has 0 aromatic heterocycles. The number of alkyl halides is 3. The summed E-state index contributed by atoms with van der Waals surface area (Å²) in [7, 11) is 0. The molecular weight excluding hydrogens is 311 g/mol. The van der Waals surface area contributed by atoms with Gasteiger partial charge in [0.1, 0.15) is 0 Å². The largest absolute Gasteiger partial charge is 0.414 e. The summed E-state index contributed by atoms with van der Waals surface area (Å²) in [6.07, 6.45) is -7.02. The maximum absolute atomic E-state index is 12.5. The summed E-state index contributed by atoms with van der Waals surface area (Å²) in [4.78, 5) is 0. The number of hydrogen-bond donors (Lipinski definition) is 1. The van der Waals surface area contributed by atoms with Gasteiger partial charge in [0.2, 0.25) is 0 Å². The van der Waals surface area contributed by atoms with E-state index in [0.29, 0.717) is 5.56 Å². The van der Waals surface area contributed by atoms with Crippen LogP contribution in [0.25, 0.3) is 0 Å². The SMILES string of the molecule is CC(N)C(OC(C)C(F)(F)F)c1ccc(Br)cc1. The quantitative estimate of drug-likeness (QED) is 0.913. The summed E-state index contributed by atoms with van der Waals surface area (Å²) in [5.41, 5.74) is 6.32. The molecule has 18 heavy (non-hydrogen) atoms. The van der Waals surface area contributed by atoms with Gasteiger partial charge in [-0.15, -0.1) is 0 Å². The van der Waals surface area contributed by atoms with E-state index in [9.17, 15) is 13.2 Å². The van der Waals surface area contributed by atoms with Crippen molar-refractivity contribution >= 4 is 15.9 Å². The van der Waals surface area contributed by atoms with E-state index >= 15 is 0 Å². The van der Waals surface area contributed by atoms with Crippen LogP contribution in [-0.4, -0.2) is 18.3 Å². The van der Waals surface area contributed by atoms with Crippen LogP contribution in [0, 0.1) is 0 Å². The van der Waals surface area contributed by atoms with Crippen LogP contribution in [0.3, 0.4) is 0 Å². The summed E-state index contributed by atoms with van der Waals surface area (Å²) in [6.45, 7) is 2.60. The molecular formula is C12H15BrF3NO. The van der Waals surface area contributed by atoms with E-state index in [1.807, 2.05) is 0 Å². The zero-order valence-electron chi connectivity index (χ0n) is 10.0. The van der Waals surface area contributed by atoms with Crippen molar-refractivity contribution in [2.24, 2.45) is 5.73 Å². The normalized spacial score (nSPS) is 17.3. The molecule has 3 atom stereocenters. The van der Waals surface area contributed by atoms with Gasteiger partial charge in [-0.05, 0) is 31.5 Å². The van der Waals surface area contributed by atoms with E-state index < -0.39 is 24.4 Å². The second-order valence-corrected chi connectivity index (χ2v) is 5.07. The lowest BCUT2D eigenvalue weighted by molar-refractivity contribution is -0.229. The average Bonchev–Trinajstić information content (AvgIpc) is 2.25. The first-order chi connectivity index (χ1) is 8.21. The van der Waals surface area contributed by atoms with Crippen LogP contribution in [-0.2, 0) is 4.74 Å². The van der Waals surface area contributed by atoms with Gasteiger partial charge in [0.15, 0.2) is 6.10 Å². The fraction of sp³-hybridized carbons (Fsp3) is 0.500. The van der Waals surface area contributed by atoms with Crippen LogP contribution in [0.2, 0.25) is 0 Å². The summed E-state index contributed by atoms with van der Waals surface area (Å²) in [5.74, 6) is 0. The zero-order valence-corrected chi connectivity index (χ0v) is 11.6. The Morgan fingerprint density at radius 2 is 1.67 bits per heavy atom. The fourth-order valence-electron chi connectivity index (χ4n) is 1.46. The van der Waals surface area contributed by atoms with Gasteiger partial charge in [-0.3, -0.25) is 0 Å². The van der Waals surface area contributed by atoms with Crippen molar-refractivity contribution in [3.63, 3.8) is 0 Å². The molecule has 3 unspecified atom stereocenters. The van der Waals surface area contributed by atoms with Gasteiger partial charge >= 0.3 is 6.18 Å². The van der Waals surface area contributed by atoms with Gasteiger partial charge in [-0.2, -0.15) is 13.2 Å². The molecule has 6 heteroatoms. The number of halogens is 4. The molecule has 0 amide bonds. The van der Waals surface area contributed by atoms with E-state index in [4.69, 9.17) is 10.5 Å². The molecule has 0 aliphatic rings. The lowest BCUT2D eigenvalue weighted by Gasteiger charge is -2.27. The Morgan fingerprint density at radius 1 is 1.17 bits per heavy atom. The van der Waals surface area contributed by atoms with Crippen molar-refractivity contribution in [1.29, 1.82) is 0 Å². The van der Waals surface area contributed by atoms with E-state index in [1.54, 1.807) is 31.2 Å². The minimum atomic E-state index is -4.39. The lowest BCUT2D eigenvalue weighted by atomic mass is 10.0. The first kappa shape index (κ1) is 15.5. The molecule has 0 spiro atoms. The van der Waals surface area contributed by atoms with Gasteiger partial charge in [-0.1, -0.05) is 28.1 Å². The Balaban J connectivity index is 2.87. The number of nitrogens with two attached hydrogens (primary N) is 1. The Kier molecular flexibility index (Phi) is 5.19. The smallest absolute Gasteiger partial charge is 0.360 e. The van der Waals surface area contributed by atoms with Crippen LogP contribution in [0.1, 0.15) is 25.5 Å². The monoisotopic (exact) mass is 325 g/mol. The third kappa shape index (κ3) is 4.26. The number of hydrogen-bond acceptors (Lipinski definition) is 2. The Morgan fingerprint density at radius 3 is 2.06 bits per heavy atom. The van der Waals surface area contributed by atoms with Crippen LogP contribution in [0.4, 0.5) is 13.2 Å². The topological polar surface area (TPSA) is 35.2 Å². The molecule has 0 saturated heterocycles. The first-order valence-corrected chi connectivity index (χ1v) is 6.24. The van der Waals surface area contributed by atoms with Gasteiger partial charge < -0.3 is 10.5 Å². The minimum absolute atomic E-state index is 0.532. The van der Waals surface area contributed by atoms with Crippen LogP contribution in [0.5, 0.6) is 0 Å². The van der Waals surface area contributed by atoms with Crippen LogP contribution >= 0.6 is 15.9 Å². The molecule has 0 fully saturated rings. The molecule has 1 aromatic carbocycles. The molecule has 0 saturated carbocycles. The highest BCUT2D eigenvalue weighted by molar-refractivity contribution is 9.10. The molecule has 0 bridgehead atoms. The van der Waals surface area contributed by atoms with Crippen molar-refractivity contribution in [1.82, 2.24) is 0 Å². The van der Waals surface area contributed by atoms with Crippen LogP contribution in [0.15, 0.2) is 28.7 Å². The predicted molar refractivity (Wildman–Crippen MR) is 67.1 cm³/mol. The van der Waals surface area contributed by atoms with Gasteiger partial charge in [0.05, 0.1) is 6.10 Å². The number of rotatable bonds is 4. The number of ether oxygens (including phenoxy) is 1. The fourth-order valence-corrected chi connectivity index (χ4v) is 1.72. The summed E-state index contributed by atoms with van der Waals surface area (Å²) >= 11 is 3.26. The Labute approximate surface area is 112 Å². The lowest BCUT2D eigenvalue weighted by Crippen LogP contribution is -2.35. The van der Waals surface area contributed by atoms with Gasteiger partial charge in [0, 0.05) is 10.5 Å². The summed E-state index contributed by atoms with van der Waals surface area (Å²) < 4.78 is 43.3. The highest BCUT2D eigenvalue weighted by Gasteiger charge is 2.39. The molecule has 1 rings (SSSR count). The minimum Gasteiger partial charge on any atom is -0.360 e. The summed E-state index contributed by atoms with van der Waals surface area (Å²) in [5, 5.41) is 0. The van der Waals surface area contributed by atoms with E-state index in [1.165, 1.54) is 0 Å². The summed E-state index contributed by atoms with van der Waals surface area (Å²) in [6, 6.07) is 6.34. The van der Waals surface area contributed by atoms with Crippen molar-refractivity contribution in [3.05, 3.63) is 34.3 Å². The molecule has 102 valence electrons. The highest BCUT2D eigenvalue weighted by Crippen LogP contribution is 2.30. The maximum Gasteiger partial charge on any atom is 0.414 e. The highest BCUT2D eigenvalue weighted by atomic mass is 79.9. The Bertz CT molecular complexity index is 378. The third-order valence-electron chi connectivity index (χ3n) is 2.49. The predicted octanol–water partition coefficient (Wildman–Crippen LogP) is 3.80. The molecule has 0 aliphatic carbocycles. The van der Waals surface area contributed by atoms with Crippen molar-refractivity contribution in [2.75, 3.05) is 0 Å². The van der Waals surface area contributed by atoms with Gasteiger partial charge in [-0.25, -0.2) is 0 Å². The molecule has 1 aromatic rings. The maximum atomic E-state index is 12.5. The molecule has 0 radical (unpaired) electrons. The Hall–Kier alpha value is -0.590.